The molecule has 1 aromatic carbocycles. The van der Waals surface area contributed by atoms with Crippen LogP contribution in [-0.4, -0.2) is 27.4 Å². The highest BCUT2D eigenvalue weighted by Crippen LogP contribution is 2.28. The molecule has 0 fully saturated rings. The monoisotopic (exact) mass is 235 g/mol. The Balaban J connectivity index is 2.76. The molecule has 0 bridgehead atoms. The molecular formula is C12H13NO2S. The standard InChI is InChI=1S/C12H13NO2S/c1-13(2)11-7-3-6-10-9(11)5-4-8-12(10)16(14)15/h3-7H,8H2,1-2H3. The minimum absolute atomic E-state index is 0.473. The number of hydrogen-bond donors (Lipinski definition) is 0. The van der Waals surface area contributed by atoms with Gasteiger partial charge in [-0.05, 0) is 6.07 Å². The maximum absolute atomic E-state index is 11.1. The predicted octanol–water partition coefficient (Wildman–Crippen LogP) is 1.57. The molecule has 0 heterocycles. The Morgan fingerprint density at radius 1 is 1.25 bits per heavy atom. The van der Waals surface area contributed by atoms with Gasteiger partial charge < -0.3 is 4.90 Å². The van der Waals surface area contributed by atoms with Crippen LogP contribution in [0.5, 0.6) is 0 Å². The third kappa shape index (κ3) is 1.76. The summed E-state index contributed by atoms with van der Waals surface area (Å²) in [6.07, 6.45) is 4.36. The molecule has 3 nitrogen and oxygen atoms in total. The van der Waals surface area contributed by atoms with Gasteiger partial charge >= 0.3 is 0 Å². The lowest BCUT2D eigenvalue weighted by Gasteiger charge is -2.20. The molecule has 0 unspecified atom stereocenters. The van der Waals surface area contributed by atoms with Crippen LogP contribution in [0.4, 0.5) is 5.69 Å². The van der Waals surface area contributed by atoms with E-state index < -0.39 is 10.3 Å². The smallest absolute Gasteiger partial charge is 0.218 e. The Kier molecular flexibility index (Phi) is 2.83. The van der Waals surface area contributed by atoms with Gasteiger partial charge in [0.25, 0.3) is 0 Å². The largest absolute Gasteiger partial charge is 0.377 e. The highest BCUT2D eigenvalue weighted by Gasteiger charge is 2.16. The lowest BCUT2D eigenvalue weighted by molar-refractivity contribution is 0.627. The molecule has 1 aliphatic rings. The Hall–Kier alpha value is -1.55. The van der Waals surface area contributed by atoms with E-state index >= 15 is 0 Å². The second-order valence-corrected chi connectivity index (χ2v) is 4.86. The summed E-state index contributed by atoms with van der Waals surface area (Å²) in [4.78, 5) is 2.46. The molecule has 1 aliphatic carbocycles. The molecule has 16 heavy (non-hydrogen) atoms. The second-order valence-electron chi connectivity index (χ2n) is 3.90. The number of hydrogen-bond acceptors (Lipinski definition) is 3. The molecule has 2 rings (SSSR count). The zero-order chi connectivity index (χ0) is 11.7. The topological polar surface area (TPSA) is 37.4 Å². The number of rotatable bonds is 1. The summed E-state index contributed by atoms with van der Waals surface area (Å²) in [6, 6.07) is 5.73. The molecule has 0 amide bonds. The van der Waals surface area contributed by atoms with E-state index in [1.54, 1.807) is 0 Å². The summed E-state index contributed by atoms with van der Waals surface area (Å²) in [5.41, 5.74) is 2.84. The van der Waals surface area contributed by atoms with Gasteiger partial charge in [0.15, 0.2) is 0 Å². The van der Waals surface area contributed by atoms with Crippen LogP contribution in [0.2, 0.25) is 0 Å². The minimum Gasteiger partial charge on any atom is -0.377 e. The summed E-state index contributed by atoms with van der Waals surface area (Å²) in [6.45, 7) is 0. The third-order valence-corrected chi connectivity index (χ3v) is 3.44. The molecule has 0 aliphatic heterocycles. The van der Waals surface area contributed by atoms with Crippen molar-refractivity contribution in [3.05, 3.63) is 35.4 Å². The molecule has 4 heteroatoms. The van der Waals surface area contributed by atoms with Crippen molar-refractivity contribution >= 4 is 26.9 Å². The van der Waals surface area contributed by atoms with Crippen LogP contribution >= 0.6 is 0 Å². The Labute approximate surface area is 96.5 Å². The number of allylic oxidation sites excluding steroid dienone is 1. The normalized spacial score (nSPS) is 13.5. The zero-order valence-corrected chi connectivity index (χ0v) is 10.1. The van der Waals surface area contributed by atoms with Crippen LogP contribution in [-0.2, 0) is 10.3 Å². The van der Waals surface area contributed by atoms with Crippen molar-refractivity contribution in [3.63, 3.8) is 0 Å². The average Bonchev–Trinajstić information content (AvgIpc) is 2.27. The van der Waals surface area contributed by atoms with Crippen molar-refractivity contribution in [2.24, 2.45) is 0 Å². The fourth-order valence-electron chi connectivity index (χ4n) is 1.91. The molecule has 0 aromatic heterocycles. The summed E-state index contributed by atoms with van der Waals surface area (Å²) < 4.78 is 22.2. The second kappa shape index (κ2) is 4.14. The molecule has 84 valence electrons. The predicted molar refractivity (Wildman–Crippen MR) is 67.4 cm³/mol. The molecule has 0 atom stereocenters. The van der Waals surface area contributed by atoms with E-state index in [9.17, 15) is 8.42 Å². The zero-order valence-electron chi connectivity index (χ0n) is 9.27. The third-order valence-electron chi connectivity index (χ3n) is 2.65. The van der Waals surface area contributed by atoms with Crippen molar-refractivity contribution in [3.8, 4) is 0 Å². The van der Waals surface area contributed by atoms with Gasteiger partial charge in [0.1, 0.15) is 0 Å². The van der Waals surface area contributed by atoms with E-state index in [1.165, 1.54) is 0 Å². The first-order valence-corrected chi connectivity index (χ1v) is 6.11. The van der Waals surface area contributed by atoms with E-state index in [1.807, 2.05) is 49.3 Å². The Bertz CT molecular complexity index is 575. The molecule has 0 saturated carbocycles. The van der Waals surface area contributed by atoms with Crippen LogP contribution in [0.25, 0.3) is 6.08 Å². The first-order chi connectivity index (χ1) is 7.61. The van der Waals surface area contributed by atoms with Crippen LogP contribution in [0, 0.1) is 0 Å². The van der Waals surface area contributed by atoms with Crippen LogP contribution < -0.4 is 4.90 Å². The summed E-state index contributed by atoms with van der Waals surface area (Å²) >= 11 is 0. The average molecular weight is 235 g/mol. The molecule has 1 aromatic rings. The highest BCUT2D eigenvalue weighted by molar-refractivity contribution is 7.73. The van der Waals surface area contributed by atoms with Gasteiger partial charge in [0, 0.05) is 37.3 Å². The number of anilines is 1. The first-order valence-electron chi connectivity index (χ1n) is 5.03. The summed E-state index contributed by atoms with van der Waals surface area (Å²) in [5.74, 6) is 0. The van der Waals surface area contributed by atoms with Gasteiger partial charge in [-0.3, -0.25) is 0 Å². The summed E-state index contributed by atoms with van der Waals surface area (Å²) in [7, 11) is 1.76. The van der Waals surface area contributed by atoms with Gasteiger partial charge in [0.2, 0.25) is 10.3 Å². The number of nitrogens with zero attached hydrogens (tertiary/aromatic N) is 1. The van der Waals surface area contributed by atoms with Crippen molar-refractivity contribution < 1.29 is 8.42 Å². The maximum atomic E-state index is 11.1. The fourth-order valence-corrected chi connectivity index (χ4v) is 2.50. The van der Waals surface area contributed by atoms with Crippen LogP contribution in [0.3, 0.4) is 0 Å². The lowest BCUT2D eigenvalue weighted by atomic mass is 9.95. The molecule has 0 spiro atoms. The van der Waals surface area contributed by atoms with E-state index in [4.69, 9.17) is 0 Å². The van der Waals surface area contributed by atoms with Crippen LogP contribution in [0.15, 0.2) is 24.3 Å². The molecule has 0 radical (unpaired) electrons. The maximum Gasteiger partial charge on any atom is 0.218 e. The fraction of sp³-hybridized carbons (Fsp3) is 0.250. The first kappa shape index (κ1) is 11.0. The summed E-state index contributed by atoms with van der Waals surface area (Å²) in [5, 5.41) is 0. The van der Waals surface area contributed by atoms with Gasteiger partial charge in [-0.1, -0.05) is 24.3 Å². The lowest BCUT2D eigenvalue weighted by Crippen LogP contribution is -2.14. The van der Waals surface area contributed by atoms with E-state index in [-0.39, 0.29) is 0 Å². The molecule has 0 N–H and O–H groups in total. The minimum atomic E-state index is -2.14. The van der Waals surface area contributed by atoms with Crippen molar-refractivity contribution in [2.45, 2.75) is 6.42 Å². The van der Waals surface area contributed by atoms with Crippen molar-refractivity contribution in [2.75, 3.05) is 19.0 Å². The van der Waals surface area contributed by atoms with Gasteiger partial charge in [-0.25, -0.2) is 0 Å². The van der Waals surface area contributed by atoms with Crippen molar-refractivity contribution in [1.29, 1.82) is 0 Å². The van der Waals surface area contributed by atoms with Gasteiger partial charge in [-0.15, -0.1) is 0 Å². The van der Waals surface area contributed by atoms with Gasteiger partial charge in [0.05, 0.1) is 4.86 Å². The molecule has 0 saturated heterocycles. The Morgan fingerprint density at radius 2 is 2.00 bits per heavy atom. The van der Waals surface area contributed by atoms with Crippen molar-refractivity contribution in [1.82, 2.24) is 0 Å². The quantitative estimate of drug-likeness (QED) is 0.693. The Morgan fingerprint density at radius 3 is 2.62 bits per heavy atom. The van der Waals surface area contributed by atoms with E-state index in [0.29, 0.717) is 11.3 Å². The van der Waals surface area contributed by atoms with E-state index in [2.05, 4.69) is 0 Å². The highest BCUT2D eigenvalue weighted by atomic mass is 32.2. The number of benzene rings is 1. The van der Waals surface area contributed by atoms with Gasteiger partial charge in [-0.2, -0.15) is 8.42 Å². The molecular weight excluding hydrogens is 222 g/mol. The number of fused-ring (bicyclic) bond motifs is 1. The van der Waals surface area contributed by atoms with E-state index in [0.717, 1.165) is 16.8 Å². The SMILES string of the molecule is CN(C)c1cccc2c1C=CCC2=S(=O)=O. The van der Waals surface area contributed by atoms with Crippen LogP contribution in [0.1, 0.15) is 17.5 Å².